The lowest BCUT2D eigenvalue weighted by Crippen LogP contribution is -2.16. The summed E-state index contributed by atoms with van der Waals surface area (Å²) in [4.78, 5) is 2.42. The Balaban J connectivity index is 1.13. The van der Waals surface area contributed by atoms with Crippen LogP contribution < -0.4 is 4.90 Å². The number of furan rings is 1. The highest BCUT2D eigenvalue weighted by atomic mass is 32.1. The molecule has 0 N–H and O–H groups in total. The zero-order chi connectivity index (χ0) is 34.6. The predicted octanol–water partition coefficient (Wildman–Crippen LogP) is 14.6. The summed E-state index contributed by atoms with van der Waals surface area (Å²) in [5, 5.41) is 7.51. The van der Waals surface area contributed by atoms with E-state index < -0.39 is 0 Å². The van der Waals surface area contributed by atoms with E-state index in [0.29, 0.717) is 0 Å². The third-order valence-electron chi connectivity index (χ3n) is 11.3. The van der Waals surface area contributed by atoms with Crippen LogP contribution in [0.5, 0.6) is 0 Å². The maximum atomic E-state index is 6.45. The molecule has 0 saturated heterocycles. The van der Waals surface area contributed by atoms with Crippen molar-refractivity contribution in [2.45, 2.75) is 19.3 Å². The summed E-state index contributed by atoms with van der Waals surface area (Å²) in [7, 11) is 0. The quantitative estimate of drug-likeness (QED) is 0.184. The molecule has 52 heavy (non-hydrogen) atoms. The summed E-state index contributed by atoms with van der Waals surface area (Å²) in [6.07, 6.45) is 0. The van der Waals surface area contributed by atoms with Crippen molar-refractivity contribution in [1.82, 2.24) is 0 Å². The van der Waals surface area contributed by atoms with Gasteiger partial charge in [0.15, 0.2) is 0 Å². The van der Waals surface area contributed by atoms with Gasteiger partial charge >= 0.3 is 0 Å². The predicted molar refractivity (Wildman–Crippen MR) is 222 cm³/mol. The average molecular weight is 684 g/mol. The van der Waals surface area contributed by atoms with Gasteiger partial charge in [-0.1, -0.05) is 123 Å². The number of rotatable bonds is 4. The Kier molecular flexibility index (Phi) is 6.21. The van der Waals surface area contributed by atoms with Crippen LogP contribution in [0.25, 0.3) is 75.1 Å². The Morgan fingerprint density at radius 3 is 2.10 bits per heavy atom. The van der Waals surface area contributed by atoms with Gasteiger partial charge in [-0.2, -0.15) is 0 Å². The van der Waals surface area contributed by atoms with E-state index in [1.807, 2.05) is 17.4 Å². The molecule has 0 spiro atoms. The third-order valence-corrected chi connectivity index (χ3v) is 12.5. The molecule has 246 valence electrons. The molecule has 11 rings (SSSR count). The minimum absolute atomic E-state index is 0.105. The maximum Gasteiger partial charge on any atom is 0.137 e. The number of nitrogens with zero attached hydrogens (tertiary/aromatic N) is 1. The summed E-state index contributed by atoms with van der Waals surface area (Å²) < 4.78 is 9.10. The van der Waals surface area contributed by atoms with Crippen molar-refractivity contribution in [1.29, 1.82) is 0 Å². The van der Waals surface area contributed by atoms with E-state index in [2.05, 4.69) is 176 Å². The second-order valence-electron chi connectivity index (χ2n) is 14.5. The number of benzene rings is 8. The van der Waals surface area contributed by atoms with Gasteiger partial charge in [0.2, 0.25) is 0 Å². The second kappa shape index (κ2) is 10.9. The second-order valence-corrected chi connectivity index (χ2v) is 15.5. The van der Waals surface area contributed by atoms with Crippen LogP contribution in [0.3, 0.4) is 0 Å². The largest absolute Gasteiger partial charge is 0.456 e. The Bertz CT molecular complexity index is 3050. The van der Waals surface area contributed by atoms with Crippen LogP contribution in [0.1, 0.15) is 25.0 Å². The van der Waals surface area contributed by atoms with Crippen molar-refractivity contribution in [3.8, 4) is 22.3 Å². The molecule has 1 aliphatic carbocycles. The van der Waals surface area contributed by atoms with E-state index in [1.54, 1.807) is 0 Å². The Morgan fingerprint density at radius 2 is 1.21 bits per heavy atom. The fraction of sp³-hybridized carbons (Fsp3) is 0.0612. The van der Waals surface area contributed by atoms with Crippen molar-refractivity contribution in [3.05, 3.63) is 175 Å². The first-order valence-electron chi connectivity index (χ1n) is 17.9. The van der Waals surface area contributed by atoms with Gasteiger partial charge in [-0.3, -0.25) is 0 Å². The van der Waals surface area contributed by atoms with Gasteiger partial charge in [0.05, 0.1) is 5.69 Å². The van der Waals surface area contributed by atoms with Crippen LogP contribution in [-0.2, 0) is 5.41 Å². The third kappa shape index (κ3) is 4.17. The monoisotopic (exact) mass is 683 g/mol. The minimum atomic E-state index is -0.105. The summed E-state index contributed by atoms with van der Waals surface area (Å²) in [5.41, 5.74) is 12.8. The first-order valence-corrected chi connectivity index (χ1v) is 18.7. The number of hydrogen-bond donors (Lipinski definition) is 0. The van der Waals surface area contributed by atoms with Gasteiger partial charge in [0, 0.05) is 64.9 Å². The van der Waals surface area contributed by atoms with Crippen LogP contribution in [-0.4, -0.2) is 0 Å². The summed E-state index contributed by atoms with van der Waals surface area (Å²) in [6, 6.07) is 59.8. The van der Waals surface area contributed by atoms with E-state index in [1.165, 1.54) is 64.3 Å². The van der Waals surface area contributed by atoms with E-state index >= 15 is 0 Å². The molecule has 0 fully saturated rings. The van der Waals surface area contributed by atoms with Crippen LogP contribution in [0.4, 0.5) is 17.1 Å². The van der Waals surface area contributed by atoms with E-state index in [4.69, 9.17) is 4.42 Å². The normalized spacial score (nSPS) is 13.3. The first kappa shape index (κ1) is 29.6. The van der Waals surface area contributed by atoms with Crippen LogP contribution in [0.2, 0.25) is 0 Å². The van der Waals surface area contributed by atoms with Gasteiger partial charge in [-0.15, -0.1) is 11.3 Å². The van der Waals surface area contributed by atoms with Crippen molar-refractivity contribution in [3.63, 3.8) is 0 Å². The fourth-order valence-corrected chi connectivity index (χ4v) is 10.0. The molecule has 0 saturated carbocycles. The van der Waals surface area contributed by atoms with Gasteiger partial charge in [0.25, 0.3) is 0 Å². The molecule has 0 radical (unpaired) electrons. The number of anilines is 3. The lowest BCUT2D eigenvalue weighted by Gasteiger charge is -2.29. The molecular formula is C49H33NOS. The van der Waals surface area contributed by atoms with E-state index in [-0.39, 0.29) is 5.41 Å². The maximum absolute atomic E-state index is 6.45. The van der Waals surface area contributed by atoms with Gasteiger partial charge in [-0.25, -0.2) is 0 Å². The molecule has 0 atom stereocenters. The molecule has 2 heterocycles. The molecule has 0 aliphatic heterocycles. The highest BCUT2D eigenvalue weighted by Crippen LogP contribution is 2.54. The van der Waals surface area contributed by atoms with Crippen molar-refractivity contribution in [2.75, 3.05) is 4.90 Å². The standard InChI is InChI=1S/C49H33NOS/c1-49(2)40-17-8-5-15-37(40)47-41(49)18-11-19-42(47)50(33-26-27-36-35-14-6-9-20-43(35)51-44(36)29-33)32-24-22-30(23-25-32)39-28-31-12-3-4-13-34(31)46-38-16-7-10-21-45(38)52-48(39)46/h3-29H,1-2H3. The highest BCUT2D eigenvalue weighted by Gasteiger charge is 2.37. The van der Waals surface area contributed by atoms with Gasteiger partial charge in [0.1, 0.15) is 11.2 Å². The lowest BCUT2D eigenvalue weighted by atomic mass is 9.82. The zero-order valence-electron chi connectivity index (χ0n) is 28.9. The molecular weight excluding hydrogens is 651 g/mol. The molecule has 0 unspecified atom stereocenters. The summed E-state index contributed by atoms with van der Waals surface area (Å²) >= 11 is 1.89. The number of fused-ring (bicyclic) bond motifs is 11. The number of para-hydroxylation sites is 1. The van der Waals surface area contributed by atoms with Crippen molar-refractivity contribution >= 4 is 81.3 Å². The molecule has 10 aromatic rings. The summed E-state index contributed by atoms with van der Waals surface area (Å²) in [5.74, 6) is 0. The van der Waals surface area contributed by atoms with Gasteiger partial charge < -0.3 is 9.32 Å². The Labute approximate surface area is 305 Å². The molecule has 3 heteroatoms. The SMILES string of the molecule is CC1(C)c2ccccc2-c2c(N(c3ccc(-c4cc5ccccc5c5c4sc4ccccc45)cc3)c3ccc4c(c3)oc3ccccc34)cccc21. The van der Waals surface area contributed by atoms with Crippen molar-refractivity contribution < 1.29 is 4.42 Å². The molecule has 1 aliphatic rings. The van der Waals surface area contributed by atoms with Crippen LogP contribution >= 0.6 is 11.3 Å². The molecule has 2 aromatic heterocycles. The fourth-order valence-electron chi connectivity index (χ4n) is 8.78. The Morgan fingerprint density at radius 1 is 0.519 bits per heavy atom. The molecule has 0 bridgehead atoms. The van der Waals surface area contributed by atoms with Gasteiger partial charge in [-0.05, 0) is 81.6 Å². The topological polar surface area (TPSA) is 16.4 Å². The first-order chi connectivity index (χ1) is 25.5. The Hall–Kier alpha value is -6.16. The number of thiophene rings is 1. The zero-order valence-corrected chi connectivity index (χ0v) is 29.7. The minimum Gasteiger partial charge on any atom is -0.456 e. The number of hydrogen-bond acceptors (Lipinski definition) is 3. The van der Waals surface area contributed by atoms with E-state index in [9.17, 15) is 0 Å². The molecule has 2 nitrogen and oxygen atoms in total. The van der Waals surface area contributed by atoms with E-state index in [0.717, 1.165) is 39.0 Å². The molecule has 0 amide bonds. The van der Waals surface area contributed by atoms with Crippen molar-refractivity contribution in [2.24, 2.45) is 0 Å². The highest BCUT2D eigenvalue weighted by molar-refractivity contribution is 7.26. The summed E-state index contributed by atoms with van der Waals surface area (Å²) in [6.45, 7) is 4.69. The van der Waals surface area contributed by atoms with Crippen LogP contribution in [0.15, 0.2) is 168 Å². The average Bonchev–Trinajstić information content (AvgIpc) is 3.83. The smallest absolute Gasteiger partial charge is 0.137 e. The lowest BCUT2D eigenvalue weighted by molar-refractivity contribution is 0.660. The molecule has 8 aromatic carbocycles. The van der Waals surface area contributed by atoms with Crippen LogP contribution in [0, 0.1) is 0 Å².